The summed E-state index contributed by atoms with van der Waals surface area (Å²) in [6.45, 7) is 1.72. The molecule has 0 radical (unpaired) electrons. The Morgan fingerprint density at radius 2 is 1.70 bits per heavy atom. The number of anilines is 3. The highest BCUT2D eigenvalue weighted by Crippen LogP contribution is 2.35. The molecule has 0 heterocycles. The Hall–Kier alpha value is -3.82. The van der Waals surface area contributed by atoms with Crippen molar-refractivity contribution in [2.45, 2.75) is 25.6 Å². The summed E-state index contributed by atoms with van der Waals surface area (Å²) in [6.07, 6.45) is -4.19. The second-order valence-corrected chi connectivity index (χ2v) is 7.66. The van der Waals surface area contributed by atoms with E-state index in [1.807, 2.05) is 0 Å². The van der Waals surface area contributed by atoms with E-state index in [1.54, 1.807) is 6.92 Å². The third-order valence-corrected chi connectivity index (χ3v) is 5.19. The fourth-order valence-electron chi connectivity index (χ4n) is 3.37. The van der Waals surface area contributed by atoms with Crippen molar-refractivity contribution >= 4 is 23.0 Å². The van der Waals surface area contributed by atoms with Crippen molar-refractivity contribution in [3.8, 4) is 5.75 Å². The number of rotatable bonds is 7. The van der Waals surface area contributed by atoms with Crippen LogP contribution in [-0.2, 0) is 6.18 Å². The molecule has 0 spiro atoms. The number of carbonyl (C=O) groups excluding carboxylic acids is 1. The molecule has 0 saturated carbocycles. The summed E-state index contributed by atoms with van der Waals surface area (Å²) < 4.78 is 39.2. The Balaban J connectivity index is 1.92. The molecule has 0 aliphatic carbocycles. The molecule has 33 heavy (non-hydrogen) atoms. The fraction of sp³-hybridized carbons (Fsp3) is 0.261. The van der Waals surface area contributed by atoms with Crippen LogP contribution in [0.25, 0.3) is 0 Å². The monoisotopic (exact) mass is 461 g/mol. The molecule has 1 atom stereocenters. The lowest BCUT2D eigenvalue weighted by molar-refractivity contribution is -0.137. The summed E-state index contributed by atoms with van der Waals surface area (Å²) >= 11 is 0. The first-order chi connectivity index (χ1) is 15.5. The van der Waals surface area contributed by atoms with E-state index in [9.17, 15) is 32.7 Å². The molecule has 0 aliphatic heterocycles. The predicted molar refractivity (Wildman–Crippen MR) is 119 cm³/mol. The highest BCUT2D eigenvalue weighted by molar-refractivity contribution is 5.99. The van der Waals surface area contributed by atoms with Crippen molar-refractivity contribution in [1.82, 2.24) is 4.90 Å². The maximum absolute atomic E-state index is 13.1. The largest absolute Gasteiger partial charge is 0.505 e. The Morgan fingerprint density at radius 3 is 2.30 bits per heavy atom. The lowest BCUT2D eigenvalue weighted by atomic mass is 10.0. The number of phenols is 1. The molecule has 174 valence electrons. The van der Waals surface area contributed by atoms with E-state index in [0.29, 0.717) is 12.0 Å². The summed E-state index contributed by atoms with van der Waals surface area (Å²) in [5.41, 5.74) is -2.42. The fourth-order valence-corrected chi connectivity index (χ4v) is 3.37. The first-order valence-corrected chi connectivity index (χ1v) is 10.0. The number of nitrogens with one attached hydrogen (secondary N) is 2. The van der Waals surface area contributed by atoms with Crippen molar-refractivity contribution in [1.29, 1.82) is 0 Å². The zero-order valence-electron chi connectivity index (χ0n) is 18.1. The number of carbonyl (C=O) groups is 1. The molecule has 0 aliphatic rings. The third kappa shape index (κ3) is 4.69. The summed E-state index contributed by atoms with van der Waals surface area (Å²) in [5, 5.41) is 16.0. The van der Waals surface area contributed by atoms with Gasteiger partial charge in [-0.2, -0.15) is 13.2 Å². The summed E-state index contributed by atoms with van der Waals surface area (Å²) in [5.74, 6) is -0.866. The molecule has 0 aromatic heterocycles. The molecular formula is C23H22F3N3O4. The second kappa shape index (κ2) is 8.97. The highest BCUT2D eigenvalue weighted by Gasteiger charge is 2.31. The number of amides is 1. The molecule has 3 N–H and O–H groups in total. The summed E-state index contributed by atoms with van der Waals surface area (Å²) in [4.78, 5) is 37.9. The SMILES string of the molecule is CC[C@@H](Nc1c(Nc2cccc(C(=O)N(C)C)c2O)c(=O)c1=O)c1cccc(C(F)(F)F)c1. The molecular weight excluding hydrogens is 439 g/mol. The molecule has 10 heteroatoms. The Morgan fingerprint density at radius 1 is 1.06 bits per heavy atom. The quantitative estimate of drug-likeness (QED) is 0.363. The van der Waals surface area contributed by atoms with Crippen LogP contribution in [0.15, 0.2) is 52.1 Å². The van der Waals surface area contributed by atoms with Crippen LogP contribution in [-0.4, -0.2) is 30.0 Å². The zero-order chi connectivity index (χ0) is 24.5. The smallest absolute Gasteiger partial charge is 0.416 e. The van der Waals surface area contributed by atoms with Crippen molar-refractivity contribution in [2.75, 3.05) is 24.7 Å². The lowest BCUT2D eigenvalue weighted by Crippen LogP contribution is -2.37. The van der Waals surface area contributed by atoms with E-state index < -0.39 is 40.3 Å². The Kier molecular flexibility index (Phi) is 6.48. The number of para-hydroxylation sites is 1. The van der Waals surface area contributed by atoms with Gasteiger partial charge in [0.2, 0.25) is 0 Å². The van der Waals surface area contributed by atoms with Crippen LogP contribution in [0.3, 0.4) is 0 Å². The molecule has 0 unspecified atom stereocenters. The highest BCUT2D eigenvalue weighted by atomic mass is 19.4. The number of phenolic OH excluding ortho intramolecular Hbond substituents is 1. The van der Waals surface area contributed by atoms with E-state index in [4.69, 9.17) is 0 Å². The van der Waals surface area contributed by atoms with Crippen LogP contribution in [0.2, 0.25) is 0 Å². The minimum Gasteiger partial charge on any atom is -0.505 e. The van der Waals surface area contributed by atoms with Gasteiger partial charge < -0.3 is 20.6 Å². The van der Waals surface area contributed by atoms with Gasteiger partial charge in [0.05, 0.1) is 22.9 Å². The number of alkyl halides is 3. The normalized spacial score (nSPS) is 12.4. The standard InChI is InChI=1S/C23H22F3N3O4/c1-4-15(12-7-5-8-13(11-12)23(24,25)26)27-17-18(21(32)20(17)31)28-16-10-6-9-14(19(16)30)22(33)29(2)3/h5-11,15,27-28,30H,4H2,1-3H3/t15-/m1/s1. The Labute approximate surface area is 187 Å². The topological polar surface area (TPSA) is 98.7 Å². The minimum absolute atomic E-state index is 0.00592. The average molecular weight is 461 g/mol. The first kappa shape index (κ1) is 23.8. The number of hydrogen-bond acceptors (Lipinski definition) is 6. The van der Waals surface area contributed by atoms with E-state index in [1.165, 1.54) is 49.3 Å². The van der Waals surface area contributed by atoms with Gasteiger partial charge >= 0.3 is 6.18 Å². The molecule has 3 aromatic rings. The maximum Gasteiger partial charge on any atom is 0.416 e. The maximum atomic E-state index is 13.1. The molecule has 0 saturated heterocycles. The number of hydrogen-bond donors (Lipinski definition) is 3. The van der Waals surface area contributed by atoms with Gasteiger partial charge in [-0.1, -0.05) is 25.1 Å². The van der Waals surface area contributed by atoms with Crippen molar-refractivity contribution < 1.29 is 23.1 Å². The van der Waals surface area contributed by atoms with Gasteiger partial charge in [0.15, 0.2) is 5.75 Å². The second-order valence-electron chi connectivity index (χ2n) is 7.66. The summed E-state index contributed by atoms with van der Waals surface area (Å²) in [7, 11) is 3.03. The number of benzene rings is 2. The number of halogens is 3. The molecule has 0 fully saturated rings. The van der Waals surface area contributed by atoms with Gasteiger partial charge in [0, 0.05) is 14.1 Å². The van der Waals surface area contributed by atoms with Gasteiger partial charge in [0.25, 0.3) is 16.8 Å². The molecule has 7 nitrogen and oxygen atoms in total. The van der Waals surface area contributed by atoms with E-state index in [2.05, 4.69) is 10.6 Å². The van der Waals surface area contributed by atoms with Gasteiger partial charge in [-0.3, -0.25) is 14.4 Å². The van der Waals surface area contributed by atoms with E-state index in [-0.39, 0.29) is 22.6 Å². The number of aromatic hydroxyl groups is 1. The van der Waals surface area contributed by atoms with Crippen LogP contribution in [0.5, 0.6) is 5.75 Å². The van der Waals surface area contributed by atoms with Crippen LogP contribution in [0.4, 0.5) is 30.2 Å². The van der Waals surface area contributed by atoms with Crippen LogP contribution in [0, 0.1) is 0 Å². The van der Waals surface area contributed by atoms with Gasteiger partial charge in [-0.25, -0.2) is 0 Å². The van der Waals surface area contributed by atoms with Gasteiger partial charge in [-0.05, 0) is 36.2 Å². The van der Waals surface area contributed by atoms with Gasteiger partial charge in [-0.15, -0.1) is 0 Å². The lowest BCUT2D eigenvalue weighted by Gasteiger charge is -2.23. The minimum atomic E-state index is -4.52. The van der Waals surface area contributed by atoms with Crippen LogP contribution in [0.1, 0.15) is 40.9 Å². The average Bonchev–Trinajstić information content (AvgIpc) is 2.78. The predicted octanol–water partition coefficient (Wildman–Crippen LogP) is 4.02. The summed E-state index contributed by atoms with van der Waals surface area (Å²) in [6, 6.07) is 8.36. The molecule has 3 rings (SSSR count). The first-order valence-electron chi connectivity index (χ1n) is 10.0. The third-order valence-electron chi connectivity index (χ3n) is 5.19. The number of nitrogens with zero attached hydrogens (tertiary/aromatic N) is 1. The van der Waals surface area contributed by atoms with E-state index in [0.717, 1.165) is 12.1 Å². The molecule has 3 aromatic carbocycles. The van der Waals surface area contributed by atoms with Crippen LogP contribution >= 0.6 is 0 Å². The van der Waals surface area contributed by atoms with E-state index >= 15 is 0 Å². The zero-order valence-corrected chi connectivity index (χ0v) is 18.1. The van der Waals surface area contributed by atoms with Gasteiger partial charge in [0.1, 0.15) is 11.4 Å². The molecule has 1 amide bonds. The molecule has 0 bridgehead atoms. The Bertz CT molecular complexity index is 1260. The van der Waals surface area contributed by atoms with Crippen molar-refractivity contribution in [2.24, 2.45) is 0 Å². The van der Waals surface area contributed by atoms with Crippen molar-refractivity contribution in [3.05, 3.63) is 79.6 Å². The van der Waals surface area contributed by atoms with Crippen molar-refractivity contribution in [3.63, 3.8) is 0 Å². The van der Waals surface area contributed by atoms with Crippen LogP contribution < -0.4 is 21.5 Å².